The van der Waals surface area contributed by atoms with Crippen LogP contribution in [0.2, 0.25) is 5.02 Å². The fraction of sp³-hybridized carbons (Fsp3) is 0.500. The Morgan fingerprint density at radius 2 is 1.88 bits per heavy atom. The normalized spacial score (nSPS) is 24.6. The van der Waals surface area contributed by atoms with E-state index in [0.717, 1.165) is 6.42 Å². The second-order valence-corrected chi connectivity index (χ2v) is 10.9. The number of carbonyl (C=O) groups excluding carboxylic acids is 2. The second-order valence-electron chi connectivity index (χ2n) is 8.59. The summed E-state index contributed by atoms with van der Waals surface area (Å²) in [6, 6.07) is 4.41. The second kappa shape index (κ2) is 11.0. The Hall–Kier alpha value is -1.61. The van der Waals surface area contributed by atoms with Gasteiger partial charge in [-0.3, -0.25) is 18.7 Å². The summed E-state index contributed by atoms with van der Waals surface area (Å²) in [7, 11) is -2.04. The molecule has 186 valence electrons. The van der Waals surface area contributed by atoms with Crippen molar-refractivity contribution in [1.29, 1.82) is 0 Å². The van der Waals surface area contributed by atoms with E-state index in [1.807, 2.05) is 25.2 Å². The van der Waals surface area contributed by atoms with E-state index in [2.05, 4.69) is 11.8 Å². The number of ketones is 1. The molecule has 2 unspecified atom stereocenters. The molecule has 3 rings (SSSR count). The van der Waals surface area contributed by atoms with Gasteiger partial charge in [0.25, 0.3) is 5.91 Å². The maximum Gasteiger partial charge on any atom is 0.305 e. The molecule has 1 aliphatic carbocycles. The number of alkyl halides is 2. The molecule has 34 heavy (non-hydrogen) atoms. The molecular formula is C24H28Cl2F2N2O3S. The van der Waals surface area contributed by atoms with Crippen LogP contribution in [0.4, 0.5) is 8.78 Å². The van der Waals surface area contributed by atoms with E-state index in [1.54, 1.807) is 4.90 Å². The summed E-state index contributed by atoms with van der Waals surface area (Å²) in [5.74, 6) is -5.97. The summed E-state index contributed by atoms with van der Waals surface area (Å²) in [4.78, 5) is 29.1. The zero-order valence-corrected chi connectivity index (χ0v) is 21.6. The lowest BCUT2D eigenvalue weighted by atomic mass is 9.98. The van der Waals surface area contributed by atoms with Crippen LogP contribution >= 0.6 is 23.2 Å². The van der Waals surface area contributed by atoms with Crippen LogP contribution in [0, 0.1) is 0 Å². The zero-order valence-electron chi connectivity index (χ0n) is 19.3. The number of carbonyl (C=O) groups is 2. The lowest BCUT2D eigenvalue weighted by Crippen LogP contribution is -2.61. The van der Waals surface area contributed by atoms with Gasteiger partial charge in [-0.1, -0.05) is 36.2 Å². The number of Topliss-reactive ketones (excluding diaryl/α,β-unsaturated/α-hetero) is 1. The minimum absolute atomic E-state index is 0.00454. The monoisotopic (exact) mass is 532 g/mol. The van der Waals surface area contributed by atoms with Crippen LogP contribution in [0.5, 0.6) is 0 Å². The molecule has 1 aromatic rings. The Kier molecular flexibility index (Phi) is 8.71. The van der Waals surface area contributed by atoms with Crippen LogP contribution in [-0.2, 0) is 15.6 Å². The number of nitrogens with zero attached hydrogens (tertiary/aromatic N) is 2. The Labute approximate surface area is 211 Å². The van der Waals surface area contributed by atoms with Gasteiger partial charge >= 0.3 is 5.92 Å². The number of benzene rings is 1. The van der Waals surface area contributed by atoms with Crippen LogP contribution in [0.15, 0.2) is 46.4 Å². The number of amides is 1. The van der Waals surface area contributed by atoms with Gasteiger partial charge in [0, 0.05) is 48.2 Å². The minimum atomic E-state index is -3.53. The van der Waals surface area contributed by atoms with Gasteiger partial charge in [-0.25, -0.2) is 0 Å². The average molecular weight is 533 g/mol. The van der Waals surface area contributed by atoms with Crippen molar-refractivity contribution >= 4 is 45.7 Å². The molecule has 1 heterocycles. The highest BCUT2D eigenvalue weighted by Gasteiger charge is 2.38. The summed E-state index contributed by atoms with van der Waals surface area (Å²) >= 11 is 12.4. The van der Waals surface area contributed by atoms with Gasteiger partial charge in [-0.05, 0) is 50.6 Å². The third-order valence-corrected chi connectivity index (χ3v) is 8.59. The highest BCUT2D eigenvalue weighted by Crippen LogP contribution is 2.29. The molecular weight excluding hydrogens is 505 g/mol. The number of piperazine rings is 1. The lowest BCUT2D eigenvalue weighted by Gasteiger charge is -2.47. The SMILES string of the molecule is CCC(F)(F)C(=O)CS(=O)c1ccc(C(=O)N2CCN([C@H]3C=C(Cl)C=CC3)C(C)[C@@H]2C)cc1Cl. The van der Waals surface area contributed by atoms with Gasteiger partial charge in [0.15, 0.2) is 0 Å². The smallest absolute Gasteiger partial charge is 0.305 e. The Bertz CT molecular complexity index is 1050. The maximum absolute atomic E-state index is 13.5. The van der Waals surface area contributed by atoms with Crippen molar-refractivity contribution in [3.8, 4) is 0 Å². The van der Waals surface area contributed by atoms with Crippen molar-refractivity contribution in [3.05, 3.63) is 52.0 Å². The van der Waals surface area contributed by atoms with E-state index in [-0.39, 0.29) is 34.0 Å². The van der Waals surface area contributed by atoms with Gasteiger partial charge in [-0.15, -0.1) is 0 Å². The Morgan fingerprint density at radius 1 is 1.18 bits per heavy atom. The first-order valence-electron chi connectivity index (χ1n) is 11.2. The molecule has 0 N–H and O–H groups in total. The highest BCUT2D eigenvalue weighted by molar-refractivity contribution is 7.86. The van der Waals surface area contributed by atoms with Gasteiger partial charge in [0.2, 0.25) is 5.78 Å². The number of hydrogen-bond acceptors (Lipinski definition) is 4. The van der Waals surface area contributed by atoms with Gasteiger partial charge in [-0.2, -0.15) is 8.78 Å². The maximum atomic E-state index is 13.5. The molecule has 0 saturated carbocycles. The van der Waals surface area contributed by atoms with Crippen molar-refractivity contribution in [3.63, 3.8) is 0 Å². The molecule has 1 aromatic carbocycles. The molecule has 0 spiro atoms. The van der Waals surface area contributed by atoms with Crippen molar-refractivity contribution in [1.82, 2.24) is 9.80 Å². The van der Waals surface area contributed by atoms with Crippen molar-refractivity contribution in [2.45, 2.75) is 62.6 Å². The number of halogens is 4. The van der Waals surface area contributed by atoms with E-state index in [1.165, 1.54) is 25.1 Å². The summed E-state index contributed by atoms with van der Waals surface area (Å²) in [5, 5.41) is 0.715. The first kappa shape index (κ1) is 27.0. The fourth-order valence-electron chi connectivity index (χ4n) is 4.26. The van der Waals surface area contributed by atoms with Crippen LogP contribution < -0.4 is 0 Å². The van der Waals surface area contributed by atoms with Crippen LogP contribution in [0.25, 0.3) is 0 Å². The van der Waals surface area contributed by atoms with Crippen LogP contribution in [-0.4, -0.2) is 68.6 Å². The number of hydrogen-bond donors (Lipinski definition) is 0. The molecule has 0 bridgehead atoms. The molecule has 2 aliphatic rings. The minimum Gasteiger partial charge on any atom is -0.333 e. The van der Waals surface area contributed by atoms with Gasteiger partial charge < -0.3 is 4.90 Å². The van der Waals surface area contributed by atoms with E-state index < -0.39 is 34.7 Å². The third-order valence-electron chi connectivity index (χ3n) is 6.54. The van der Waals surface area contributed by atoms with Crippen molar-refractivity contribution < 1.29 is 22.6 Å². The number of rotatable bonds is 7. The first-order chi connectivity index (χ1) is 16.0. The largest absolute Gasteiger partial charge is 0.333 e. The Morgan fingerprint density at radius 3 is 2.50 bits per heavy atom. The van der Waals surface area contributed by atoms with E-state index in [0.29, 0.717) is 23.7 Å². The number of allylic oxidation sites excluding steroid dienone is 2. The predicted octanol–water partition coefficient (Wildman–Crippen LogP) is 5.05. The van der Waals surface area contributed by atoms with Gasteiger partial charge in [0.05, 0.1) is 26.5 Å². The summed E-state index contributed by atoms with van der Waals surface area (Å²) in [6.07, 6.45) is 6.17. The molecule has 0 radical (unpaired) electrons. The van der Waals surface area contributed by atoms with Gasteiger partial charge in [0.1, 0.15) is 0 Å². The molecule has 1 fully saturated rings. The van der Waals surface area contributed by atoms with Crippen LogP contribution in [0.3, 0.4) is 0 Å². The standard InChI is InChI=1S/C24H28Cl2F2N2O3S/c1-4-24(27,28)22(31)14-34(33)21-9-8-17(12-20(21)26)23(32)30-11-10-29(15(2)16(30)3)19-7-5-6-18(25)13-19/h5-6,8-9,12-13,15-16,19H,4,7,10-11,14H2,1-3H3/t15?,16-,19+,34?/m0/s1. The quantitative estimate of drug-likeness (QED) is 0.493. The first-order valence-corrected chi connectivity index (χ1v) is 13.2. The highest BCUT2D eigenvalue weighted by atomic mass is 35.5. The average Bonchev–Trinajstić information content (AvgIpc) is 2.80. The summed E-state index contributed by atoms with van der Waals surface area (Å²) in [5.41, 5.74) is 0.312. The molecule has 1 amide bonds. The molecule has 4 atom stereocenters. The molecule has 1 saturated heterocycles. The predicted molar refractivity (Wildman–Crippen MR) is 131 cm³/mol. The van der Waals surface area contributed by atoms with Crippen LogP contribution in [0.1, 0.15) is 44.0 Å². The van der Waals surface area contributed by atoms with E-state index in [9.17, 15) is 22.6 Å². The Balaban J connectivity index is 1.70. The van der Waals surface area contributed by atoms with E-state index >= 15 is 0 Å². The molecule has 10 heteroatoms. The zero-order chi connectivity index (χ0) is 25.2. The molecule has 5 nitrogen and oxygen atoms in total. The third kappa shape index (κ3) is 5.78. The van der Waals surface area contributed by atoms with Crippen molar-refractivity contribution in [2.24, 2.45) is 0 Å². The summed E-state index contributed by atoms with van der Waals surface area (Å²) in [6.45, 7) is 6.45. The van der Waals surface area contributed by atoms with Crippen molar-refractivity contribution in [2.75, 3.05) is 18.8 Å². The fourth-order valence-corrected chi connectivity index (χ4v) is 6.04. The summed E-state index contributed by atoms with van der Waals surface area (Å²) < 4.78 is 39.6. The molecule has 0 aromatic heterocycles. The lowest BCUT2D eigenvalue weighted by molar-refractivity contribution is -0.140. The van der Waals surface area contributed by atoms with E-state index in [4.69, 9.17) is 23.2 Å². The topological polar surface area (TPSA) is 57.7 Å². The molecule has 1 aliphatic heterocycles.